The first-order valence-corrected chi connectivity index (χ1v) is 5.38. The summed E-state index contributed by atoms with van der Waals surface area (Å²) in [4.78, 5) is 21.5. The first kappa shape index (κ1) is 13.3. The summed E-state index contributed by atoms with van der Waals surface area (Å²) in [6.07, 6.45) is 4.38. The van der Waals surface area contributed by atoms with Crippen molar-refractivity contribution in [2.45, 2.75) is 46.0 Å². The van der Waals surface area contributed by atoms with Gasteiger partial charge in [-0.1, -0.05) is 13.3 Å². The lowest BCUT2D eigenvalue weighted by molar-refractivity contribution is -0.118. The van der Waals surface area contributed by atoms with Gasteiger partial charge in [-0.3, -0.25) is 4.79 Å². The largest absolute Gasteiger partial charge is 0.310 e. The number of ketones is 2. The number of hydrogen-bond acceptors (Lipinski definition) is 3. The summed E-state index contributed by atoms with van der Waals surface area (Å²) in [6, 6.07) is 0. The average molecular weight is 199 g/mol. The Kier molecular flexibility index (Phi) is 8.43. The Labute approximate surface area is 86.3 Å². The van der Waals surface area contributed by atoms with E-state index in [2.05, 4.69) is 5.32 Å². The number of rotatable bonds is 9. The summed E-state index contributed by atoms with van der Waals surface area (Å²) in [7, 11) is 0. The van der Waals surface area contributed by atoms with Crippen LogP contribution in [0, 0.1) is 0 Å². The van der Waals surface area contributed by atoms with Crippen molar-refractivity contribution >= 4 is 11.6 Å². The van der Waals surface area contributed by atoms with Crippen molar-refractivity contribution in [3.8, 4) is 0 Å². The maximum absolute atomic E-state index is 10.9. The third-order valence-corrected chi connectivity index (χ3v) is 2.10. The Morgan fingerprint density at radius 1 is 1.14 bits per heavy atom. The monoisotopic (exact) mass is 199 g/mol. The fourth-order valence-corrected chi connectivity index (χ4v) is 1.15. The van der Waals surface area contributed by atoms with Gasteiger partial charge in [-0.25, -0.2) is 0 Å². The van der Waals surface area contributed by atoms with Gasteiger partial charge in [-0.05, 0) is 26.3 Å². The molecule has 0 saturated carbocycles. The van der Waals surface area contributed by atoms with Gasteiger partial charge in [0.1, 0.15) is 11.6 Å². The third kappa shape index (κ3) is 9.39. The molecular weight excluding hydrogens is 178 g/mol. The van der Waals surface area contributed by atoms with E-state index in [1.807, 2.05) is 6.92 Å². The van der Waals surface area contributed by atoms with Crippen molar-refractivity contribution in [3.63, 3.8) is 0 Å². The van der Waals surface area contributed by atoms with Crippen LogP contribution in [0.3, 0.4) is 0 Å². The molecule has 0 aliphatic rings. The van der Waals surface area contributed by atoms with E-state index in [1.54, 1.807) is 6.92 Å². The molecule has 0 fully saturated rings. The van der Waals surface area contributed by atoms with Gasteiger partial charge in [-0.2, -0.15) is 0 Å². The summed E-state index contributed by atoms with van der Waals surface area (Å²) < 4.78 is 0. The van der Waals surface area contributed by atoms with E-state index >= 15 is 0 Å². The fourth-order valence-electron chi connectivity index (χ4n) is 1.15. The highest BCUT2D eigenvalue weighted by molar-refractivity contribution is 5.80. The first-order chi connectivity index (χ1) is 6.66. The molecule has 0 aliphatic heterocycles. The molecule has 0 aromatic rings. The summed E-state index contributed by atoms with van der Waals surface area (Å²) >= 11 is 0. The molecular formula is C11H21NO2. The van der Waals surface area contributed by atoms with Gasteiger partial charge in [0.25, 0.3) is 0 Å². The zero-order valence-electron chi connectivity index (χ0n) is 9.27. The van der Waals surface area contributed by atoms with Crippen molar-refractivity contribution < 1.29 is 9.59 Å². The molecule has 0 amide bonds. The lowest BCUT2D eigenvalue weighted by Gasteiger charge is -2.02. The lowest BCUT2D eigenvalue weighted by atomic mass is 10.1. The van der Waals surface area contributed by atoms with Crippen LogP contribution in [0.15, 0.2) is 0 Å². The minimum absolute atomic E-state index is 0.258. The molecule has 0 rings (SSSR count). The van der Waals surface area contributed by atoms with Crippen LogP contribution < -0.4 is 5.32 Å². The summed E-state index contributed by atoms with van der Waals surface area (Å²) in [5.74, 6) is 0.521. The SMILES string of the molecule is CCC(=O)CNCCCCCC(C)=O. The van der Waals surface area contributed by atoms with Crippen molar-refractivity contribution in [3.05, 3.63) is 0 Å². The Bertz CT molecular complexity index is 178. The number of hydrogen-bond donors (Lipinski definition) is 1. The molecule has 3 heteroatoms. The summed E-state index contributed by atoms with van der Waals surface area (Å²) in [6.45, 7) is 4.86. The van der Waals surface area contributed by atoms with Crippen LogP contribution >= 0.6 is 0 Å². The molecule has 0 radical (unpaired) electrons. The molecule has 82 valence electrons. The van der Waals surface area contributed by atoms with Crippen molar-refractivity contribution in [2.75, 3.05) is 13.1 Å². The van der Waals surface area contributed by atoms with E-state index in [9.17, 15) is 9.59 Å². The maximum Gasteiger partial charge on any atom is 0.146 e. The second kappa shape index (κ2) is 8.88. The van der Waals surface area contributed by atoms with Crippen LogP contribution in [-0.2, 0) is 9.59 Å². The van der Waals surface area contributed by atoms with Crippen LogP contribution in [-0.4, -0.2) is 24.7 Å². The molecule has 0 spiro atoms. The number of carbonyl (C=O) groups is 2. The van der Waals surface area contributed by atoms with Crippen LogP contribution in [0.1, 0.15) is 46.0 Å². The highest BCUT2D eigenvalue weighted by Crippen LogP contribution is 1.99. The minimum atomic E-state index is 0.258. The molecule has 0 unspecified atom stereocenters. The maximum atomic E-state index is 10.9. The second-order valence-corrected chi connectivity index (χ2v) is 3.58. The normalized spacial score (nSPS) is 10.1. The van der Waals surface area contributed by atoms with E-state index in [0.717, 1.165) is 25.8 Å². The van der Waals surface area contributed by atoms with E-state index in [-0.39, 0.29) is 11.6 Å². The van der Waals surface area contributed by atoms with Gasteiger partial charge >= 0.3 is 0 Å². The predicted octanol–water partition coefficient (Wildman–Crippen LogP) is 1.70. The standard InChI is InChI=1S/C11H21NO2/c1-3-11(14)9-12-8-6-4-5-7-10(2)13/h12H,3-9H2,1-2H3. The molecule has 0 heterocycles. The molecule has 14 heavy (non-hydrogen) atoms. The van der Waals surface area contributed by atoms with Gasteiger partial charge in [0.05, 0.1) is 6.54 Å². The smallest absolute Gasteiger partial charge is 0.146 e. The lowest BCUT2D eigenvalue weighted by Crippen LogP contribution is -2.23. The molecule has 0 aromatic heterocycles. The zero-order valence-corrected chi connectivity index (χ0v) is 9.27. The van der Waals surface area contributed by atoms with E-state index in [0.29, 0.717) is 19.4 Å². The number of carbonyl (C=O) groups excluding carboxylic acids is 2. The third-order valence-electron chi connectivity index (χ3n) is 2.10. The molecule has 0 saturated heterocycles. The van der Waals surface area contributed by atoms with Crippen LogP contribution in [0.25, 0.3) is 0 Å². The topological polar surface area (TPSA) is 46.2 Å². The Morgan fingerprint density at radius 3 is 2.43 bits per heavy atom. The van der Waals surface area contributed by atoms with E-state index in [1.165, 1.54) is 0 Å². The molecule has 1 N–H and O–H groups in total. The van der Waals surface area contributed by atoms with Gasteiger partial charge in [-0.15, -0.1) is 0 Å². The van der Waals surface area contributed by atoms with E-state index < -0.39 is 0 Å². The van der Waals surface area contributed by atoms with Crippen LogP contribution in [0.4, 0.5) is 0 Å². The van der Waals surface area contributed by atoms with E-state index in [4.69, 9.17) is 0 Å². The molecule has 0 atom stereocenters. The molecule has 0 aromatic carbocycles. The number of nitrogens with one attached hydrogen (secondary N) is 1. The second-order valence-electron chi connectivity index (χ2n) is 3.58. The van der Waals surface area contributed by atoms with Crippen molar-refractivity contribution in [1.29, 1.82) is 0 Å². The Balaban J connectivity index is 3.06. The van der Waals surface area contributed by atoms with Gasteiger partial charge in [0.15, 0.2) is 0 Å². The Hall–Kier alpha value is -0.700. The van der Waals surface area contributed by atoms with Gasteiger partial charge in [0.2, 0.25) is 0 Å². The van der Waals surface area contributed by atoms with Crippen LogP contribution in [0.5, 0.6) is 0 Å². The molecule has 0 bridgehead atoms. The number of Topliss-reactive ketones (excluding diaryl/α,β-unsaturated/α-hetero) is 2. The first-order valence-electron chi connectivity index (χ1n) is 5.38. The minimum Gasteiger partial charge on any atom is -0.310 e. The quantitative estimate of drug-likeness (QED) is 0.575. The van der Waals surface area contributed by atoms with Gasteiger partial charge in [0, 0.05) is 12.8 Å². The molecule has 0 aliphatic carbocycles. The van der Waals surface area contributed by atoms with Gasteiger partial charge < -0.3 is 10.1 Å². The highest BCUT2D eigenvalue weighted by atomic mass is 16.1. The summed E-state index contributed by atoms with van der Waals surface area (Å²) in [5, 5.41) is 3.09. The highest BCUT2D eigenvalue weighted by Gasteiger charge is 1.97. The van der Waals surface area contributed by atoms with Crippen molar-refractivity contribution in [1.82, 2.24) is 5.32 Å². The summed E-state index contributed by atoms with van der Waals surface area (Å²) in [5.41, 5.74) is 0. The fraction of sp³-hybridized carbons (Fsp3) is 0.818. The Morgan fingerprint density at radius 2 is 1.86 bits per heavy atom. The zero-order chi connectivity index (χ0) is 10.8. The average Bonchev–Trinajstić information content (AvgIpc) is 2.15. The number of unbranched alkanes of at least 4 members (excludes halogenated alkanes) is 2. The molecule has 3 nitrogen and oxygen atoms in total. The predicted molar refractivity (Wildman–Crippen MR) is 57.3 cm³/mol. The van der Waals surface area contributed by atoms with Crippen molar-refractivity contribution in [2.24, 2.45) is 0 Å². The van der Waals surface area contributed by atoms with Crippen LogP contribution in [0.2, 0.25) is 0 Å².